The second-order valence-electron chi connectivity index (χ2n) is 8.73. The number of esters is 1. The van der Waals surface area contributed by atoms with Gasteiger partial charge in [-0.1, -0.05) is 91.9 Å². The number of carbonyl (C=O) groups excluding carboxylic acids is 1. The number of allylic oxidation sites excluding steroid dienone is 4. The molecule has 176 valence electrons. The molecule has 0 radical (unpaired) electrons. The van der Waals surface area contributed by atoms with Crippen LogP contribution in [0.5, 0.6) is 0 Å². The first-order valence-electron chi connectivity index (χ1n) is 12.5. The lowest BCUT2D eigenvalue weighted by molar-refractivity contribution is -0.143. The first kappa shape index (κ1) is 30.9. The van der Waals surface area contributed by atoms with Crippen molar-refractivity contribution in [3.63, 3.8) is 0 Å². The Morgan fingerprint density at radius 3 is 1.53 bits per heavy atom. The Morgan fingerprint density at radius 2 is 1.20 bits per heavy atom. The normalized spacial score (nSPS) is 12.2. The van der Waals surface area contributed by atoms with Gasteiger partial charge in [-0.2, -0.15) is 0 Å². The summed E-state index contributed by atoms with van der Waals surface area (Å²) in [6.07, 6.45) is 14.0. The van der Waals surface area contributed by atoms with E-state index in [4.69, 9.17) is 4.74 Å². The lowest BCUT2D eigenvalue weighted by atomic mass is 9.76. The third kappa shape index (κ3) is 11.8. The summed E-state index contributed by atoms with van der Waals surface area (Å²) in [4.78, 5) is 13.1. The number of carbonyl (C=O) groups is 1. The van der Waals surface area contributed by atoms with Crippen molar-refractivity contribution < 1.29 is 9.53 Å². The smallest absolute Gasteiger partial charge is 0.338 e. The van der Waals surface area contributed by atoms with Gasteiger partial charge in [-0.15, -0.1) is 0 Å². The van der Waals surface area contributed by atoms with Crippen molar-refractivity contribution in [2.75, 3.05) is 6.61 Å². The van der Waals surface area contributed by atoms with Crippen molar-refractivity contribution in [3.8, 4) is 0 Å². The maximum atomic E-state index is 13.1. The summed E-state index contributed by atoms with van der Waals surface area (Å²) >= 11 is 0. The second-order valence-corrected chi connectivity index (χ2v) is 8.73. The molecule has 0 amide bonds. The SMILES string of the molecule is CC/C=C(/C)C(=C(C)C)/C(=C\CC)C(=O)OCC(CCC)(CCC)CCC.CCC. The van der Waals surface area contributed by atoms with Gasteiger partial charge in [-0.3, -0.25) is 0 Å². The molecule has 0 bridgehead atoms. The Morgan fingerprint density at radius 1 is 0.767 bits per heavy atom. The summed E-state index contributed by atoms with van der Waals surface area (Å²) in [5.74, 6) is -0.162. The molecule has 0 saturated carbocycles. The molecule has 0 fully saturated rings. The molecule has 0 spiro atoms. The number of hydrogen-bond donors (Lipinski definition) is 0. The standard InChI is InChI=1S/C25H44O2.C3H8/c1-9-14-21(8)23(20(6)7)22(15-10-2)24(26)27-19-25(16-11-3,17-12-4)18-13-5;1-3-2/h14-15H,9-13,16-19H2,1-8H3;3H2,1-2H3/b21-14-,22-15+;. The van der Waals surface area contributed by atoms with Crippen molar-refractivity contribution >= 4 is 5.97 Å². The highest BCUT2D eigenvalue weighted by Gasteiger charge is 2.30. The van der Waals surface area contributed by atoms with Crippen LogP contribution in [-0.2, 0) is 9.53 Å². The Labute approximate surface area is 189 Å². The van der Waals surface area contributed by atoms with Gasteiger partial charge >= 0.3 is 5.97 Å². The van der Waals surface area contributed by atoms with Crippen LogP contribution in [0, 0.1) is 5.41 Å². The van der Waals surface area contributed by atoms with Crippen molar-refractivity contribution in [1.82, 2.24) is 0 Å². The molecule has 2 heteroatoms. The van der Waals surface area contributed by atoms with Crippen molar-refractivity contribution in [3.05, 3.63) is 34.4 Å². The lowest BCUT2D eigenvalue weighted by Crippen LogP contribution is -2.29. The maximum absolute atomic E-state index is 13.1. The van der Waals surface area contributed by atoms with Crippen LogP contribution in [0.25, 0.3) is 0 Å². The molecule has 0 saturated heterocycles. The molecule has 0 aliphatic carbocycles. The molecule has 0 rings (SSSR count). The lowest BCUT2D eigenvalue weighted by Gasteiger charge is -2.33. The highest BCUT2D eigenvalue weighted by atomic mass is 16.5. The maximum Gasteiger partial charge on any atom is 0.338 e. The van der Waals surface area contributed by atoms with E-state index in [0.29, 0.717) is 6.61 Å². The molecule has 30 heavy (non-hydrogen) atoms. The molecule has 0 aromatic carbocycles. The quantitative estimate of drug-likeness (QED) is 0.168. The van der Waals surface area contributed by atoms with E-state index in [1.807, 2.05) is 6.08 Å². The average molecular weight is 421 g/mol. The first-order chi connectivity index (χ1) is 14.2. The average Bonchev–Trinajstić information content (AvgIpc) is 2.67. The summed E-state index contributed by atoms with van der Waals surface area (Å²) in [6, 6.07) is 0. The molecule has 2 nitrogen and oxygen atoms in total. The molecular formula is C28H52O2. The van der Waals surface area contributed by atoms with Crippen LogP contribution >= 0.6 is 0 Å². The van der Waals surface area contributed by atoms with Gasteiger partial charge in [0.1, 0.15) is 0 Å². The minimum Gasteiger partial charge on any atom is -0.461 e. The first-order valence-corrected chi connectivity index (χ1v) is 12.5. The van der Waals surface area contributed by atoms with Gasteiger partial charge in [0.05, 0.1) is 12.2 Å². The molecule has 0 N–H and O–H groups in total. The second kappa shape index (κ2) is 18.5. The topological polar surface area (TPSA) is 26.3 Å². The fourth-order valence-corrected chi connectivity index (χ4v) is 4.25. The van der Waals surface area contributed by atoms with Crippen LogP contribution in [0.1, 0.15) is 127 Å². The van der Waals surface area contributed by atoms with E-state index in [0.717, 1.165) is 73.7 Å². The van der Waals surface area contributed by atoms with Crippen LogP contribution < -0.4 is 0 Å². The molecule has 0 heterocycles. The fraction of sp³-hybridized carbons (Fsp3) is 0.750. The van der Waals surface area contributed by atoms with Crippen molar-refractivity contribution in [2.45, 2.75) is 127 Å². The van der Waals surface area contributed by atoms with Crippen molar-refractivity contribution in [2.24, 2.45) is 5.41 Å². The summed E-state index contributed by atoms with van der Waals surface area (Å²) < 4.78 is 5.97. The fourth-order valence-electron chi connectivity index (χ4n) is 4.25. The Hall–Kier alpha value is -1.31. The van der Waals surface area contributed by atoms with E-state index in [-0.39, 0.29) is 11.4 Å². The van der Waals surface area contributed by atoms with E-state index in [1.165, 1.54) is 6.42 Å². The summed E-state index contributed by atoms with van der Waals surface area (Å²) in [7, 11) is 0. The van der Waals surface area contributed by atoms with Crippen LogP contribution in [0.4, 0.5) is 0 Å². The molecule has 0 aliphatic rings. The highest BCUT2D eigenvalue weighted by molar-refractivity contribution is 5.95. The van der Waals surface area contributed by atoms with E-state index in [2.05, 4.69) is 75.3 Å². The zero-order chi connectivity index (χ0) is 23.6. The number of rotatable bonds is 13. The third-order valence-electron chi connectivity index (χ3n) is 5.15. The molecule has 0 unspecified atom stereocenters. The molecule has 0 atom stereocenters. The van der Waals surface area contributed by atoms with Gasteiger partial charge in [0.2, 0.25) is 0 Å². The zero-order valence-electron chi connectivity index (χ0n) is 22.0. The molecular weight excluding hydrogens is 368 g/mol. The van der Waals surface area contributed by atoms with E-state index in [1.54, 1.807) is 0 Å². The van der Waals surface area contributed by atoms with Gasteiger partial charge in [-0.05, 0) is 64.0 Å². The van der Waals surface area contributed by atoms with Gasteiger partial charge < -0.3 is 4.74 Å². The monoisotopic (exact) mass is 420 g/mol. The summed E-state index contributed by atoms with van der Waals surface area (Å²) in [5.41, 5.74) is 4.24. The van der Waals surface area contributed by atoms with E-state index < -0.39 is 0 Å². The van der Waals surface area contributed by atoms with Crippen LogP contribution in [-0.4, -0.2) is 12.6 Å². The molecule has 0 aromatic rings. The van der Waals surface area contributed by atoms with Crippen LogP contribution in [0.15, 0.2) is 34.4 Å². The van der Waals surface area contributed by atoms with E-state index in [9.17, 15) is 4.79 Å². The summed E-state index contributed by atoms with van der Waals surface area (Å²) in [6.45, 7) is 21.9. The third-order valence-corrected chi connectivity index (χ3v) is 5.15. The predicted octanol–water partition coefficient (Wildman–Crippen LogP) is 9.36. The number of ether oxygens (including phenoxy) is 1. The predicted molar refractivity (Wildman–Crippen MR) is 135 cm³/mol. The van der Waals surface area contributed by atoms with E-state index >= 15 is 0 Å². The Kier molecular flexibility index (Phi) is 19.0. The van der Waals surface area contributed by atoms with Gasteiger partial charge in [0.15, 0.2) is 0 Å². The van der Waals surface area contributed by atoms with Crippen LogP contribution in [0.2, 0.25) is 0 Å². The van der Waals surface area contributed by atoms with Crippen molar-refractivity contribution in [1.29, 1.82) is 0 Å². The largest absolute Gasteiger partial charge is 0.461 e. The highest BCUT2D eigenvalue weighted by Crippen LogP contribution is 2.36. The Balaban J connectivity index is 0. The minimum absolute atomic E-state index is 0.130. The Bertz CT molecular complexity index is 528. The minimum atomic E-state index is -0.162. The van der Waals surface area contributed by atoms with Gasteiger partial charge in [0, 0.05) is 5.41 Å². The van der Waals surface area contributed by atoms with Gasteiger partial charge in [-0.25, -0.2) is 4.79 Å². The zero-order valence-corrected chi connectivity index (χ0v) is 22.0. The summed E-state index contributed by atoms with van der Waals surface area (Å²) in [5, 5.41) is 0. The van der Waals surface area contributed by atoms with Crippen LogP contribution in [0.3, 0.4) is 0 Å². The number of hydrogen-bond acceptors (Lipinski definition) is 2. The van der Waals surface area contributed by atoms with Gasteiger partial charge in [0.25, 0.3) is 0 Å². The molecule has 0 aromatic heterocycles. The molecule has 0 aliphatic heterocycles.